The summed E-state index contributed by atoms with van der Waals surface area (Å²) in [6.45, 7) is 1.10. The van der Waals surface area contributed by atoms with Crippen molar-refractivity contribution in [2.45, 2.75) is 38.5 Å². The third-order valence-electron chi connectivity index (χ3n) is 6.95. The van der Waals surface area contributed by atoms with Crippen LogP contribution >= 0.6 is 0 Å². The number of anilines is 1. The Morgan fingerprint density at radius 2 is 2.02 bits per heavy atom. The van der Waals surface area contributed by atoms with Crippen molar-refractivity contribution in [3.05, 3.63) is 53.3 Å². The second kappa shape index (κ2) is 13.1. The van der Waals surface area contributed by atoms with E-state index in [1.54, 1.807) is 23.1 Å². The highest BCUT2D eigenvalue weighted by molar-refractivity contribution is 6.05. The molecule has 0 spiro atoms. The van der Waals surface area contributed by atoms with Crippen LogP contribution in [0.4, 0.5) is 27.6 Å². The van der Waals surface area contributed by atoms with Crippen LogP contribution in [0.5, 0.6) is 5.75 Å². The number of halogens is 5. The second-order valence-corrected chi connectivity index (χ2v) is 10.1. The lowest BCUT2D eigenvalue weighted by atomic mass is 9.93. The van der Waals surface area contributed by atoms with Crippen LogP contribution in [-0.2, 0) is 6.54 Å². The molecule has 2 aromatic carbocycles. The number of imidazole rings is 1. The molecule has 0 unspecified atom stereocenters. The molecule has 0 saturated carbocycles. The van der Waals surface area contributed by atoms with Crippen molar-refractivity contribution in [2.75, 3.05) is 38.6 Å². The van der Waals surface area contributed by atoms with Crippen molar-refractivity contribution in [1.82, 2.24) is 19.8 Å². The van der Waals surface area contributed by atoms with Gasteiger partial charge in [0.2, 0.25) is 0 Å². The maximum atomic E-state index is 13.4. The molecule has 1 amide bonds. The van der Waals surface area contributed by atoms with E-state index in [2.05, 4.69) is 27.5 Å². The Bertz CT molecular complexity index is 1540. The van der Waals surface area contributed by atoms with Gasteiger partial charge in [-0.1, -0.05) is 18.8 Å². The van der Waals surface area contributed by atoms with Crippen molar-refractivity contribution < 1.29 is 31.5 Å². The van der Waals surface area contributed by atoms with E-state index in [-0.39, 0.29) is 41.6 Å². The maximum absolute atomic E-state index is 13.4. The van der Waals surface area contributed by atoms with Gasteiger partial charge in [-0.05, 0) is 42.7 Å². The summed E-state index contributed by atoms with van der Waals surface area (Å²) in [5.74, 6) is 5.62. The number of piperidine rings is 1. The van der Waals surface area contributed by atoms with Crippen molar-refractivity contribution >= 4 is 22.6 Å². The van der Waals surface area contributed by atoms with E-state index in [1.807, 2.05) is 13.0 Å². The smallest absolute Gasteiger partial charge is 0.406 e. The average molecular weight is 589 g/mol. The number of carbonyl (C=O) groups excluding carboxylic acids is 1. The van der Waals surface area contributed by atoms with Crippen molar-refractivity contribution in [3.63, 3.8) is 0 Å². The highest BCUT2D eigenvalue weighted by atomic mass is 19.4. The molecular formula is C29H29F5N6O2. The number of amides is 1. The fraction of sp³-hybridized carbons (Fsp3) is 0.414. The molecule has 4 rings (SSSR count). The van der Waals surface area contributed by atoms with Crippen LogP contribution in [-0.4, -0.2) is 72.3 Å². The standard InChI is InChI=1S/C29H29F5N6O2/c1-18-14-39(15-26(30)31)9-7-22(18)38-28(41)21-10-19(12-24-27(21)37-17-40(24)16-29(32,33)34)4-3-8-36-23-11-20(13-35)5-6-25(23)42-2/h5-6,10-12,17-18,22,26,36H,7-9,14-16H2,1-2H3,(H,38,41)/t18-,22-/m0/s1. The summed E-state index contributed by atoms with van der Waals surface area (Å²) >= 11 is 0. The summed E-state index contributed by atoms with van der Waals surface area (Å²) in [6.07, 6.45) is -5.48. The van der Waals surface area contributed by atoms with Gasteiger partial charge in [0.1, 0.15) is 17.8 Å². The Labute approximate surface area is 239 Å². The lowest BCUT2D eigenvalue weighted by Crippen LogP contribution is -2.50. The maximum Gasteiger partial charge on any atom is 0.406 e. The first-order valence-corrected chi connectivity index (χ1v) is 13.1. The number of nitriles is 1. The van der Waals surface area contributed by atoms with Gasteiger partial charge < -0.3 is 19.9 Å². The molecule has 222 valence electrons. The molecular weight excluding hydrogens is 559 g/mol. The van der Waals surface area contributed by atoms with Gasteiger partial charge in [-0.15, -0.1) is 0 Å². The summed E-state index contributed by atoms with van der Waals surface area (Å²) in [5, 5.41) is 15.1. The number of aromatic nitrogens is 2. The molecule has 1 aliphatic heterocycles. The number of fused-ring (bicyclic) bond motifs is 1. The number of nitrogens with zero attached hydrogens (tertiary/aromatic N) is 4. The van der Waals surface area contributed by atoms with Crippen molar-refractivity contribution in [3.8, 4) is 23.7 Å². The molecule has 1 fully saturated rings. The summed E-state index contributed by atoms with van der Waals surface area (Å²) < 4.78 is 71.6. The van der Waals surface area contributed by atoms with Gasteiger partial charge in [0.15, 0.2) is 0 Å². The highest BCUT2D eigenvalue weighted by Crippen LogP contribution is 2.27. The molecule has 2 atom stereocenters. The number of carbonyl (C=O) groups is 1. The zero-order valence-electron chi connectivity index (χ0n) is 22.9. The Morgan fingerprint density at radius 1 is 1.24 bits per heavy atom. The van der Waals surface area contributed by atoms with E-state index >= 15 is 0 Å². The Balaban J connectivity index is 1.58. The minimum atomic E-state index is -4.51. The zero-order valence-corrected chi connectivity index (χ0v) is 22.9. The number of methoxy groups -OCH3 is 1. The number of hydrogen-bond acceptors (Lipinski definition) is 6. The van der Waals surface area contributed by atoms with E-state index in [0.717, 1.165) is 10.9 Å². The minimum Gasteiger partial charge on any atom is -0.495 e. The molecule has 3 aromatic rings. The SMILES string of the molecule is COc1ccc(C#N)cc1NCC#Cc1cc(C(=O)N[C@H]2CCN(CC(F)F)C[C@@H]2C)c2ncn(CC(F)(F)F)c2c1. The number of alkyl halides is 5. The summed E-state index contributed by atoms with van der Waals surface area (Å²) in [7, 11) is 1.48. The first-order valence-electron chi connectivity index (χ1n) is 13.1. The Hall–Kier alpha value is -4.36. The number of hydrogen-bond donors (Lipinski definition) is 2. The Kier molecular flexibility index (Phi) is 9.53. The third kappa shape index (κ3) is 7.68. The molecule has 13 heteroatoms. The lowest BCUT2D eigenvalue weighted by Gasteiger charge is -2.37. The van der Waals surface area contributed by atoms with Crippen LogP contribution in [0, 0.1) is 29.1 Å². The van der Waals surface area contributed by atoms with Gasteiger partial charge in [-0.3, -0.25) is 9.69 Å². The van der Waals surface area contributed by atoms with Crippen molar-refractivity contribution in [2.24, 2.45) is 5.92 Å². The molecule has 1 aliphatic rings. The largest absolute Gasteiger partial charge is 0.495 e. The fourth-order valence-corrected chi connectivity index (χ4v) is 4.98. The first kappa shape index (κ1) is 30.6. The molecule has 0 aliphatic carbocycles. The molecule has 0 bridgehead atoms. The molecule has 0 radical (unpaired) electrons. The van der Waals surface area contributed by atoms with E-state index in [1.165, 1.54) is 19.2 Å². The number of ether oxygens (including phenoxy) is 1. The average Bonchev–Trinajstić information content (AvgIpc) is 3.32. The summed E-state index contributed by atoms with van der Waals surface area (Å²) in [6, 6.07) is 9.49. The normalized spacial score (nSPS) is 17.4. The van der Waals surface area contributed by atoms with Crippen LogP contribution in [0.1, 0.15) is 34.8 Å². The highest BCUT2D eigenvalue weighted by Gasteiger charge is 2.31. The van der Waals surface area contributed by atoms with Crippen LogP contribution < -0.4 is 15.4 Å². The zero-order chi connectivity index (χ0) is 30.4. The van der Waals surface area contributed by atoms with E-state index < -0.39 is 25.1 Å². The van der Waals surface area contributed by atoms with E-state index in [0.29, 0.717) is 42.1 Å². The molecule has 1 saturated heterocycles. The second-order valence-electron chi connectivity index (χ2n) is 10.1. The van der Waals surface area contributed by atoms with Crippen LogP contribution in [0.25, 0.3) is 11.0 Å². The monoisotopic (exact) mass is 588 g/mol. The number of likely N-dealkylation sites (tertiary alicyclic amines) is 1. The fourth-order valence-electron chi connectivity index (χ4n) is 4.98. The van der Waals surface area contributed by atoms with Crippen LogP contribution in [0.2, 0.25) is 0 Å². The topological polar surface area (TPSA) is 95.2 Å². The quantitative estimate of drug-likeness (QED) is 0.294. The lowest BCUT2D eigenvalue weighted by molar-refractivity contribution is -0.139. The van der Waals surface area contributed by atoms with Gasteiger partial charge in [-0.25, -0.2) is 13.8 Å². The van der Waals surface area contributed by atoms with Crippen molar-refractivity contribution in [1.29, 1.82) is 5.26 Å². The van der Waals surface area contributed by atoms with Gasteiger partial charge >= 0.3 is 6.18 Å². The van der Waals surface area contributed by atoms with Crippen LogP contribution in [0.3, 0.4) is 0 Å². The summed E-state index contributed by atoms with van der Waals surface area (Å²) in [5.41, 5.74) is 1.52. The number of rotatable bonds is 8. The molecule has 1 aromatic heterocycles. The first-order chi connectivity index (χ1) is 20.0. The van der Waals surface area contributed by atoms with E-state index in [4.69, 9.17) is 10.00 Å². The Morgan fingerprint density at radius 3 is 2.69 bits per heavy atom. The molecule has 42 heavy (non-hydrogen) atoms. The van der Waals surface area contributed by atoms with Gasteiger partial charge in [0.25, 0.3) is 12.3 Å². The molecule has 2 N–H and O–H groups in total. The van der Waals surface area contributed by atoms with Crippen LogP contribution in [0.15, 0.2) is 36.7 Å². The van der Waals surface area contributed by atoms with Gasteiger partial charge in [-0.2, -0.15) is 18.4 Å². The van der Waals surface area contributed by atoms with E-state index in [9.17, 15) is 26.7 Å². The molecule has 2 heterocycles. The number of benzene rings is 2. The van der Waals surface area contributed by atoms with Gasteiger partial charge in [0.05, 0.1) is 54.9 Å². The predicted octanol–water partition coefficient (Wildman–Crippen LogP) is 4.65. The minimum absolute atomic E-state index is 0.0660. The number of nitrogens with one attached hydrogen (secondary N) is 2. The predicted molar refractivity (Wildman–Crippen MR) is 146 cm³/mol. The summed E-state index contributed by atoms with van der Waals surface area (Å²) in [4.78, 5) is 19.2. The molecule has 8 nitrogen and oxygen atoms in total. The van der Waals surface area contributed by atoms with Gasteiger partial charge in [0, 0.05) is 24.7 Å². The third-order valence-corrected chi connectivity index (χ3v) is 6.95.